The van der Waals surface area contributed by atoms with Gasteiger partial charge >= 0.3 is 0 Å². The SMILES string of the molecule is CCN1CCN(C(=O)CCCCCl)CC1. The molecule has 1 fully saturated rings. The molecule has 88 valence electrons. The maximum absolute atomic E-state index is 11.7. The van der Waals surface area contributed by atoms with E-state index in [0.29, 0.717) is 18.2 Å². The molecule has 1 aliphatic heterocycles. The van der Waals surface area contributed by atoms with Crippen LogP contribution in [0.15, 0.2) is 0 Å². The molecule has 0 N–H and O–H groups in total. The van der Waals surface area contributed by atoms with Crippen LogP contribution in [0.3, 0.4) is 0 Å². The Balaban J connectivity index is 2.18. The molecule has 0 aromatic heterocycles. The number of unbranched alkanes of at least 4 members (excludes halogenated alkanes) is 1. The molecule has 15 heavy (non-hydrogen) atoms. The summed E-state index contributed by atoms with van der Waals surface area (Å²) in [5.41, 5.74) is 0. The molecular formula is C11H21ClN2O. The zero-order chi connectivity index (χ0) is 11.1. The molecule has 0 saturated carbocycles. The summed E-state index contributed by atoms with van der Waals surface area (Å²) in [7, 11) is 0. The number of halogens is 1. The third-order valence-corrected chi connectivity index (χ3v) is 3.21. The molecule has 1 rings (SSSR count). The fourth-order valence-electron chi connectivity index (χ4n) is 1.84. The van der Waals surface area contributed by atoms with Gasteiger partial charge in [0, 0.05) is 38.5 Å². The number of rotatable bonds is 5. The van der Waals surface area contributed by atoms with E-state index in [1.54, 1.807) is 0 Å². The number of hydrogen-bond acceptors (Lipinski definition) is 2. The topological polar surface area (TPSA) is 23.6 Å². The minimum Gasteiger partial charge on any atom is -0.340 e. The number of piperazine rings is 1. The Kier molecular flexibility index (Phi) is 6.03. The minimum atomic E-state index is 0.302. The van der Waals surface area contributed by atoms with Crippen molar-refractivity contribution in [2.75, 3.05) is 38.6 Å². The van der Waals surface area contributed by atoms with Gasteiger partial charge in [-0.25, -0.2) is 0 Å². The van der Waals surface area contributed by atoms with Crippen LogP contribution >= 0.6 is 11.6 Å². The second-order valence-corrected chi connectivity index (χ2v) is 4.34. The van der Waals surface area contributed by atoms with Gasteiger partial charge in [0.05, 0.1) is 0 Å². The van der Waals surface area contributed by atoms with Crippen molar-refractivity contribution in [1.29, 1.82) is 0 Å². The van der Waals surface area contributed by atoms with Gasteiger partial charge in [-0.1, -0.05) is 6.92 Å². The van der Waals surface area contributed by atoms with Gasteiger partial charge in [-0.2, -0.15) is 0 Å². The number of nitrogens with zero attached hydrogens (tertiary/aromatic N) is 2. The molecule has 0 atom stereocenters. The normalized spacial score (nSPS) is 18.1. The molecule has 0 aromatic rings. The predicted molar refractivity (Wildman–Crippen MR) is 63.3 cm³/mol. The summed E-state index contributed by atoms with van der Waals surface area (Å²) in [4.78, 5) is 16.1. The molecule has 0 aromatic carbocycles. The van der Waals surface area contributed by atoms with Gasteiger partial charge in [-0.05, 0) is 19.4 Å². The molecule has 0 aliphatic carbocycles. The summed E-state index contributed by atoms with van der Waals surface area (Å²) in [6, 6.07) is 0. The van der Waals surface area contributed by atoms with Crippen molar-refractivity contribution in [2.24, 2.45) is 0 Å². The molecular weight excluding hydrogens is 212 g/mol. The van der Waals surface area contributed by atoms with E-state index in [0.717, 1.165) is 45.6 Å². The maximum Gasteiger partial charge on any atom is 0.222 e. The van der Waals surface area contributed by atoms with Crippen molar-refractivity contribution in [3.63, 3.8) is 0 Å². The van der Waals surface area contributed by atoms with Gasteiger partial charge in [0.2, 0.25) is 5.91 Å². The van der Waals surface area contributed by atoms with Crippen molar-refractivity contribution in [2.45, 2.75) is 26.2 Å². The van der Waals surface area contributed by atoms with Gasteiger partial charge in [0.25, 0.3) is 0 Å². The van der Waals surface area contributed by atoms with E-state index in [2.05, 4.69) is 11.8 Å². The Labute approximate surface area is 97.4 Å². The van der Waals surface area contributed by atoms with Gasteiger partial charge < -0.3 is 9.80 Å². The minimum absolute atomic E-state index is 0.302. The second-order valence-electron chi connectivity index (χ2n) is 3.96. The van der Waals surface area contributed by atoms with Crippen molar-refractivity contribution in [3.05, 3.63) is 0 Å². The third kappa shape index (κ3) is 4.39. The standard InChI is InChI=1S/C11H21ClN2O/c1-2-13-7-9-14(10-8-13)11(15)5-3-4-6-12/h2-10H2,1H3. The summed E-state index contributed by atoms with van der Waals surface area (Å²) in [6.07, 6.45) is 2.54. The van der Waals surface area contributed by atoms with E-state index in [1.165, 1.54) is 0 Å². The van der Waals surface area contributed by atoms with Crippen LogP contribution in [0.5, 0.6) is 0 Å². The second kappa shape index (κ2) is 7.07. The molecule has 1 amide bonds. The lowest BCUT2D eigenvalue weighted by molar-refractivity contribution is -0.133. The molecule has 0 radical (unpaired) electrons. The highest BCUT2D eigenvalue weighted by molar-refractivity contribution is 6.17. The monoisotopic (exact) mass is 232 g/mol. The number of amides is 1. The van der Waals surface area contributed by atoms with Crippen LogP contribution in [0, 0.1) is 0 Å². The van der Waals surface area contributed by atoms with Gasteiger partial charge in [-0.3, -0.25) is 4.79 Å². The molecule has 0 unspecified atom stereocenters. The van der Waals surface area contributed by atoms with Crippen LogP contribution in [0.1, 0.15) is 26.2 Å². The summed E-state index contributed by atoms with van der Waals surface area (Å²) < 4.78 is 0. The Hall–Kier alpha value is -0.280. The smallest absolute Gasteiger partial charge is 0.222 e. The highest BCUT2D eigenvalue weighted by Crippen LogP contribution is 2.06. The average Bonchev–Trinajstić information content (AvgIpc) is 2.29. The number of likely N-dealkylation sites (N-methyl/N-ethyl adjacent to an activating group) is 1. The molecule has 3 nitrogen and oxygen atoms in total. The Morgan fingerprint density at radius 2 is 1.87 bits per heavy atom. The van der Waals surface area contributed by atoms with E-state index in [4.69, 9.17) is 11.6 Å². The lowest BCUT2D eigenvalue weighted by Crippen LogP contribution is -2.48. The van der Waals surface area contributed by atoms with Gasteiger partial charge in [0.1, 0.15) is 0 Å². The lowest BCUT2D eigenvalue weighted by Gasteiger charge is -2.34. The first-order chi connectivity index (χ1) is 7.27. The van der Waals surface area contributed by atoms with E-state index in [1.807, 2.05) is 4.90 Å². The highest BCUT2D eigenvalue weighted by Gasteiger charge is 2.19. The molecule has 0 bridgehead atoms. The van der Waals surface area contributed by atoms with Crippen molar-refractivity contribution in [1.82, 2.24) is 9.80 Å². The largest absolute Gasteiger partial charge is 0.340 e. The van der Waals surface area contributed by atoms with Crippen molar-refractivity contribution >= 4 is 17.5 Å². The highest BCUT2D eigenvalue weighted by atomic mass is 35.5. The molecule has 4 heteroatoms. The van der Waals surface area contributed by atoms with E-state index in [9.17, 15) is 4.79 Å². The van der Waals surface area contributed by atoms with E-state index < -0.39 is 0 Å². The first-order valence-corrected chi connectivity index (χ1v) is 6.37. The summed E-state index contributed by atoms with van der Waals surface area (Å²) in [6.45, 7) is 7.10. The number of hydrogen-bond donors (Lipinski definition) is 0. The lowest BCUT2D eigenvalue weighted by atomic mass is 10.2. The van der Waals surface area contributed by atoms with Crippen LogP contribution in [0.4, 0.5) is 0 Å². The third-order valence-electron chi connectivity index (χ3n) is 2.95. The average molecular weight is 233 g/mol. The van der Waals surface area contributed by atoms with Crippen LogP contribution in [-0.4, -0.2) is 54.3 Å². The number of alkyl halides is 1. The van der Waals surface area contributed by atoms with Crippen LogP contribution in [0.2, 0.25) is 0 Å². The Morgan fingerprint density at radius 1 is 1.20 bits per heavy atom. The first-order valence-electron chi connectivity index (χ1n) is 5.84. The van der Waals surface area contributed by atoms with E-state index in [-0.39, 0.29) is 0 Å². The summed E-state index contributed by atoms with van der Waals surface area (Å²) in [5, 5.41) is 0. The predicted octanol–water partition coefficient (Wildman–Crippen LogP) is 1.56. The van der Waals surface area contributed by atoms with Gasteiger partial charge in [0.15, 0.2) is 0 Å². The molecule has 1 aliphatic rings. The summed E-state index contributed by atoms with van der Waals surface area (Å²) >= 11 is 5.58. The van der Waals surface area contributed by atoms with Crippen molar-refractivity contribution in [3.8, 4) is 0 Å². The van der Waals surface area contributed by atoms with Crippen LogP contribution in [0.25, 0.3) is 0 Å². The molecule has 0 spiro atoms. The molecule has 1 saturated heterocycles. The van der Waals surface area contributed by atoms with E-state index >= 15 is 0 Å². The summed E-state index contributed by atoms with van der Waals surface area (Å²) in [5.74, 6) is 0.965. The fourth-order valence-corrected chi connectivity index (χ4v) is 2.03. The maximum atomic E-state index is 11.7. The van der Waals surface area contributed by atoms with Gasteiger partial charge in [-0.15, -0.1) is 11.6 Å². The zero-order valence-corrected chi connectivity index (χ0v) is 10.3. The van der Waals surface area contributed by atoms with Crippen LogP contribution in [-0.2, 0) is 4.79 Å². The zero-order valence-electron chi connectivity index (χ0n) is 9.54. The Morgan fingerprint density at radius 3 is 2.40 bits per heavy atom. The number of carbonyl (C=O) groups is 1. The number of carbonyl (C=O) groups excluding carboxylic acids is 1. The quantitative estimate of drug-likeness (QED) is 0.531. The van der Waals surface area contributed by atoms with Crippen LogP contribution < -0.4 is 0 Å². The molecule has 1 heterocycles. The van der Waals surface area contributed by atoms with Crippen molar-refractivity contribution < 1.29 is 4.79 Å². The Bertz CT molecular complexity index is 191. The first kappa shape index (κ1) is 12.8. The fraction of sp³-hybridized carbons (Fsp3) is 0.909.